The molecule has 1 aliphatic rings. The zero-order valence-corrected chi connectivity index (χ0v) is 17.6. The molecule has 0 saturated carbocycles. The molecule has 0 aromatic heterocycles. The van der Waals surface area contributed by atoms with Gasteiger partial charge in [-0.25, -0.2) is 4.79 Å². The lowest BCUT2D eigenvalue weighted by atomic mass is 10.1. The van der Waals surface area contributed by atoms with Crippen molar-refractivity contribution in [2.24, 2.45) is 5.92 Å². The van der Waals surface area contributed by atoms with E-state index in [1.165, 1.54) is 4.90 Å². The third kappa shape index (κ3) is 5.57. The maximum absolute atomic E-state index is 12.4. The molecule has 1 heterocycles. The van der Waals surface area contributed by atoms with Crippen LogP contribution in [0.4, 0.5) is 5.69 Å². The second-order valence-electron chi connectivity index (χ2n) is 7.49. The number of anilines is 1. The van der Waals surface area contributed by atoms with Gasteiger partial charge in [-0.15, -0.1) is 0 Å². The fourth-order valence-electron chi connectivity index (χ4n) is 3.25. The summed E-state index contributed by atoms with van der Waals surface area (Å²) < 4.78 is 10.3. The van der Waals surface area contributed by atoms with Crippen LogP contribution in [0.5, 0.6) is 0 Å². The van der Waals surface area contributed by atoms with E-state index in [2.05, 4.69) is 0 Å². The van der Waals surface area contributed by atoms with Gasteiger partial charge in [0.2, 0.25) is 5.91 Å². The number of aryl methyl sites for hydroxylation is 1. The predicted octanol–water partition coefficient (Wildman–Crippen LogP) is 3.34. The topological polar surface area (TPSA) is 90.0 Å². The molecule has 1 amide bonds. The summed E-state index contributed by atoms with van der Waals surface area (Å²) in [5.74, 6) is -2.14. The van der Waals surface area contributed by atoms with Crippen molar-refractivity contribution in [3.63, 3.8) is 0 Å². The number of hydrogen-bond acceptors (Lipinski definition) is 6. The number of ketones is 1. The number of esters is 2. The van der Waals surface area contributed by atoms with Gasteiger partial charge in [-0.3, -0.25) is 14.4 Å². The zero-order valence-electron chi connectivity index (χ0n) is 17.6. The summed E-state index contributed by atoms with van der Waals surface area (Å²) in [6, 6.07) is 13.5. The molecule has 2 aromatic carbocycles. The fourth-order valence-corrected chi connectivity index (χ4v) is 3.25. The molecule has 7 heteroatoms. The maximum Gasteiger partial charge on any atom is 0.338 e. The molecule has 162 valence electrons. The third-order valence-corrected chi connectivity index (χ3v) is 5.03. The standard InChI is InChI=1S/C24H25NO6/c1-3-12-30-23(28)18-8-10-20(11-9-18)25-14-19(13-22(25)27)24(29)31-15-21(26)17-6-4-16(2)5-7-17/h4-11,19H,3,12-15H2,1-2H3. The van der Waals surface area contributed by atoms with Gasteiger partial charge in [0.1, 0.15) is 0 Å². The van der Waals surface area contributed by atoms with E-state index in [-0.39, 0.29) is 31.3 Å². The number of nitrogens with zero attached hydrogens (tertiary/aromatic N) is 1. The van der Waals surface area contributed by atoms with Gasteiger partial charge in [0.15, 0.2) is 12.4 Å². The maximum atomic E-state index is 12.4. The molecule has 31 heavy (non-hydrogen) atoms. The van der Waals surface area contributed by atoms with Gasteiger partial charge in [-0.2, -0.15) is 0 Å². The number of carbonyl (C=O) groups is 4. The van der Waals surface area contributed by atoms with Gasteiger partial charge in [0.05, 0.1) is 18.1 Å². The van der Waals surface area contributed by atoms with Crippen LogP contribution in [0.2, 0.25) is 0 Å². The first-order valence-corrected chi connectivity index (χ1v) is 10.2. The first-order chi connectivity index (χ1) is 14.9. The Hall–Kier alpha value is -3.48. The van der Waals surface area contributed by atoms with Gasteiger partial charge in [-0.05, 0) is 37.6 Å². The molecule has 7 nitrogen and oxygen atoms in total. The number of Topliss-reactive ketones (excluding diaryl/α,β-unsaturated/α-hetero) is 1. The van der Waals surface area contributed by atoms with Crippen LogP contribution in [0.15, 0.2) is 48.5 Å². The molecule has 0 radical (unpaired) electrons. The van der Waals surface area contributed by atoms with Crippen molar-refractivity contribution in [3.05, 3.63) is 65.2 Å². The Morgan fingerprint density at radius 2 is 1.61 bits per heavy atom. The van der Waals surface area contributed by atoms with Crippen LogP contribution in [-0.4, -0.2) is 43.4 Å². The van der Waals surface area contributed by atoms with Crippen molar-refractivity contribution in [1.29, 1.82) is 0 Å². The van der Waals surface area contributed by atoms with Gasteiger partial charge in [0.25, 0.3) is 0 Å². The van der Waals surface area contributed by atoms with E-state index in [4.69, 9.17) is 9.47 Å². The number of benzene rings is 2. The van der Waals surface area contributed by atoms with E-state index in [9.17, 15) is 19.2 Å². The minimum Gasteiger partial charge on any atom is -0.462 e. The Bertz CT molecular complexity index is 965. The molecule has 0 N–H and O–H groups in total. The van der Waals surface area contributed by atoms with E-state index in [0.29, 0.717) is 23.4 Å². The van der Waals surface area contributed by atoms with Crippen molar-refractivity contribution >= 4 is 29.3 Å². The molecule has 2 aromatic rings. The van der Waals surface area contributed by atoms with E-state index >= 15 is 0 Å². The molecule has 1 aliphatic heterocycles. The molecule has 3 rings (SSSR count). The van der Waals surface area contributed by atoms with E-state index in [1.807, 2.05) is 26.0 Å². The average Bonchev–Trinajstić information content (AvgIpc) is 3.17. The highest BCUT2D eigenvalue weighted by molar-refractivity contribution is 6.01. The fraction of sp³-hybridized carbons (Fsp3) is 0.333. The van der Waals surface area contributed by atoms with Crippen LogP contribution < -0.4 is 4.90 Å². The van der Waals surface area contributed by atoms with Crippen molar-refractivity contribution in [1.82, 2.24) is 0 Å². The van der Waals surface area contributed by atoms with Crippen molar-refractivity contribution in [3.8, 4) is 0 Å². The van der Waals surface area contributed by atoms with Crippen LogP contribution in [-0.2, 0) is 19.1 Å². The number of amides is 1. The Kier molecular flexibility index (Phi) is 7.18. The van der Waals surface area contributed by atoms with Crippen molar-refractivity contribution < 1.29 is 28.7 Å². The SMILES string of the molecule is CCCOC(=O)c1ccc(N2CC(C(=O)OCC(=O)c3ccc(C)cc3)CC2=O)cc1. The van der Waals surface area contributed by atoms with Crippen LogP contribution >= 0.6 is 0 Å². The van der Waals surface area contributed by atoms with Gasteiger partial charge >= 0.3 is 11.9 Å². The Labute approximate surface area is 180 Å². The molecular formula is C24H25NO6. The molecule has 1 saturated heterocycles. The smallest absolute Gasteiger partial charge is 0.338 e. The van der Waals surface area contributed by atoms with Crippen LogP contribution in [0.1, 0.15) is 46.0 Å². The molecular weight excluding hydrogens is 398 g/mol. The highest BCUT2D eigenvalue weighted by atomic mass is 16.5. The molecule has 1 unspecified atom stereocenters. The monoisotopic (exact) mass is 423 g/mol. The molecule has 0 aliphatic carbocycles. The number of carbonyl (C=O) groups excluding carboxylic acids is 4. The summed E-state index contributed by atoms with van der Waals surface area (Å²) in [7, 11) is 0. The minimum absolute atomic E-state index is 0.0118. The lowest BCUT2D eigenvalue weighted by Gasteiger charge is -2.17. The average molecular weight is 423 g/mol. The number of ether oxygens (including phenoxy) is 2. The predicted molar refractivity (Wildman–Crippen MR) is 114 cm³/mol. The zero-order chi connectivity index (χ0) is 22.4. The summed E-state index contributed by atoms with van der Waals surface area (Å²) in [5, 5.41) is 0. The third-order valence-electron chi connectivity index (χ3n) is 5.03. The Morgan fingerprint density at radius 1 is 0.968 bits per heavy atom. The number of hydrogen-bond donors (Lipinski definition) is 0. The van der Waals surface area contributed by atoms with Crippen molar-refractivity contribution in [2.45, 2.75) is 26.7 Å². The van der Waals surface area contributed by atoms with Crippen molar-refractivity contribution in [2.75, 3.05) is 24.7 Å². The molecule has 1 atom stereocenters. The highest BCUT2D eigenvalue weighted by Crippen LogP contribution is 2.26. The molecule has 1 fully saturated rings. The Morgan fingerprint density at radius 3 is 2.26 bits per heavy atom. The van der Waals surface area contributed by atoms with Crippen LogP contribution in [0.25, 0.3) is 0 Å². The summed E-state index contributed by atoms with van der Waals surface area (Å²) in [6.45, 7) is 3.98. The lowest BCUT2D eigenvalue weighted by Crippen LogP contribution is -2.27. The second kappa shape index (κ2) is 10.0. The Balaban J connectivity index is 1.55. The van der Waals surface area contributed by atoms with Gasteiger partial charge in [0, 0.05) is 24.2 Å². The second-order valence-corrected chi connectivity index (χ2v) is 7.49. The summed E-state index contributed by atoms with van der Waals surface area (Å²) >= 11 is 0. The summed E-state index contributed by atoms with van der Waals surface area (Å²) in [4.78, 5) is 50.4. The van der Waals surface area contributed by atoms with E-state index in [1.54, 1.807) is 36.4 Å². The minimum atomic E-state index is -0.646. The van der Waals surface area contributed by atoms with Crippen LogP contribution in [0.3, 0.4) is 0 Å². The molecule has 0 bridgehead atoms. The van der Waals surface area contributed by atoms with E-state index in [0.717, 1.165) is 12.0 Å². The summed E-state index contributed by atoms with van der Waals surface area (Å²) in [5.41, 5.74) is 2.49. The highest BCUT2D eigenvalue weighted by Gasteiger charge is 2.36. The first-order valence-electron chi connectivity index (χ1n) is 10.2. The van der Waals surface area contributed by atoms with Crippen LogP contribution in [0, 0.1) is 12.8 Å². The van der Waals surface area contributed by atoms with Gasteiger partial charge in [-0.1, -0.05) is 36.8 Å². The quantitative estimate of drug-likeness (QED) is 0.478. The lowest BCUT2D eigenvalue weighted by molar-refractivity contribution is -0.147. The first kappa shape index (κ1) is 22.2. The van der Waals surface area contributed by atoms with E-state index < -0.39 is 17.9 Å². The normalized spacial score (nSPS) is 15.6. The summed E-state index contributed by atoms with van der Waals surface area (Å²) in [6.07, 6.45) is 0.748. The largest absolute Gasteiger partial charge is 0.462 e. The van der Waals surface area contributed by atoms with Gasteiger partial charge < -0.3 is 14.4 Å². The molecule has 0 spiro atoms. The number of rotatable bonds is 8.